The number of amides is 1. The molecule has 2 N–H and O–H groups in total. The van der Waals surface area contributed by atoms with Gasteiger partial charge in [0.2, 0.25) is 0 Å². The fourth-order valence-electron chi connectivity index (χ4n) is 2.63. The van der Waals surface area contributed by atoms with Gasteiger partial charge in [0, 0.05) is 38.7 Å². The van der Waals surface area contributed by atoms with Crippen LogP contribution in [0.5, 0.6) is 0 Å². The summed E-state index contributed by atoms with van der Waals surface area (Å²) in [5.74, 6) is -0.0186. The molecule has 0 radical (unpaired) electrons. The van der Waals surface area contributed by atoms with E-state index in [1.54, 1.807) is 19.5 Å². The summed E-state index contributed by atoms with van der Waals surface area (Å²) in [6.07, 6.45) is 10.2. The molecule has 0 spiro atoms. The molecule has 1 saturated carbocycles. The van der Waals surface area contributed by atoms with Crippen molar-refractivity contribution >= 4 is 11.6 Å². The molecule has 5 nitrogen and oxygen atoms in total. The molecule has 1 aromatic heterocycles. The summed E-state index contributed by atoms with van der Waals surface area (Å²) in [6.45, 7) is 1.53. The van der Waals surface area contributed by atoms with Gasteiger partial charge in [-0.2, -0.15) is 0 Å². The first-order valence-electron chi connectivity index (χ1n) is 7.78. The zero-order valence-electron chi connectivity index (χ0n) is 12.7. The number of anilines is 1. The Balaban J connectivity index is 1.85. The maximum absolute atomic E-state index is 12.2. The van der Waals surface area contributed by atoms with E-state index in [2.05, 4.69) is 15.6 Å². The van der Waals surface area contributed by atoms with Crippen LogP contribution in [-0.2, 0) is 4.74 Å². The van der Waals surface area contributed by atoms with Crippen LogP contribution < -0.4 is 10.6 Å². The van der Waals surface area contributed by atoms with Crippen molar-refractivity contribution in [3.63, 3.8) is 0 Å². The monoisotopic (exact) mass is 291 g/mol. The highest BCUT2D eigenvalue weighted by atomic mass is 16.5. The van der Waals surface area contributed by atoms with Crippen LogP contribution in [0.25, 0.3) is 0 Å². The summed E-state index contributed by atoms with van der Waals surface area (Å²) in [4.78, 5) is 16.4. The molecule has 116 valence electrons. The number of methoxy groups -OCH3 is 1. The lowest BCUT2D eigenvalue weighted by atomic mass is 9.95. The van der Waals surface area contributed by atoms with Gasteiger partial charge in [-0.3, -0.25) is 9.78 Å². The quantitative estimate of drug-likeness (QED) is 0.758. The molecule has 0 bridgehead atoms. The number of rotatable bonds is 7. The number of pyridine rings is 1. The zero-order valence-corrected chi connectivity index (χ0v) is 12.7. The summed E-state index contributed by atoms with van der Waals surface area (Å²) in [6, 6.07) is 2.18. The molecule has 0 saturated heterocycles. The first-order valence-corrected chi connectivity index (χ1v) is 7.78. The third-order valence-electron chi connectivity index (χ3n) is 3.80. The lowest BCUT2D eigenvalue weighted by Crippen LogP contribution is -2.36. The van der Waals surface area contributed by atoms with E-state index in [4.69, 9.17) is 4.74 Å². The van der Waals surface area contributed by atoms with Crippen molar-refractivity contribution in [3.8, 4) is 0 Å². The highest BCUT2D eigenvalue weighted by Gasteiger charge is 2.16. The number of nitrogens with zero attached hydrogens (tertiary/aromatic N) is 1. The number of hydrogen-bond acceptors (Lipinski definition) is 4. The van der Waals surface area contributed by atoms with E-state index in [9.17, 15) is 4.79 Å². The van der Waals surface area contributed by atoms with Gasteiger partial charge in [-0.05, 0) is 25.3 Å². The van der Waals surface area contributed by atoms with Gasteiger partial charge in [0.1, 0.15) is 0 Å². The third-order valence-corrected chi connectivity index (χ3v) is 3.80. The fourth-order valence-corrected chi connectivity index (χ4v) is 2.63. The van der Waals surface area contributed by atoms with Gasteiger partial charge in [0.15, 0.2) is 0 Å². The molecule has 0 unspecified atom stereocenters. The topological polar surface area (TPSA) is 63.2 Å². The highest BCUT2D eigenvalue weighted by Crippen LogP contribution is 2.18. The SMILES string of the molecule is COCCCNc1cncc(C(=O)NC2CCCCC2)c1. The van der Waals surface area contributed by atoms with Crippen molar-refractivity contribution < 1.29 is 9.53 Å². The molecule has 2 rings (SSSR count). The molecule has 1 amide bonds. The Bertz CT molecular complexity index is 445. The average molecular weight is 291 g/mol. The summed E-state index contributed by atoms with van der Waals surface area (Å²) in [5, 5.41) is 6.37. The minimum atomic E-state index is -0.0186. The Morgan fingerprint density at radius 2 is 2.14 bits per heavy atom. The molecule has 0 aliphatic heterocycles. The largest absolute Gasteiger partial charge is 0.385 e. The van der Waals surface area contributed by atoms with E-state index in [-0.39, 0.29) is 5.91 Å². The molecule has 5 heteroatoms. The Morgan fingerprint density at radius 1 is 1.33 bits per heavy atom. The van der Waals surface area contributed by atoms with Gasteiger partial charge in [-0.15, -0.1) is 0 Å². The van der Waals surface area contributed by atoms with Gasteiger partial charge in [-0.25, -0.2) is 0 Å². The summed E-state index contributed by atoms with van der Waals surface area (Å²) < 4.78 is 5.01. The lowest BCUT2D eigenvalue weighted by Gasteiger charge is -2.22. The smallest absolute Gasteiger partial charge is 0.253 e. The molecule has 0 aromatic carbocycles. The molecule has 0 atom stereocenters. The van der Waals surface area contributed by atoms with Gasteiger partial charge in [0.25, 0.3) is 5.91 Å². The summed E-state index contributed by atoms with van der Waals surface area (Å²) in [5.41, 5.74) is 1.50. The Hall–Kier alpha value is -1.62. The van der Waals surface area contributed by atoms with E-state index >= 15 is 0 Å². The fraction of sp³-hybridized carbons (Fsp3) is 0.625. The molecular formula is C16H25N3O2. The Morgan fingerprint density at radius 3 is 2.90 bits per heavy atom. The van der Waals surface area contributed by atoms with Crippen LogP contribution >= 0.6 is 0 Å². The molecule has 1 aromatic rings. The van der Waals surface area contributed by atoms with Crippen molar-refractivity contribution in [1.29, 1.82) is 0 Å². The van der Waals surface area contributed by atoms with Gasteiger partial charge in [0.05, 0.1) is 11.3 Å². The summed E-state index contributed by atoms with van der Waals surface area (Å²) >= 11 is 0. The van der Waals surface area contributed by atoms with Crippen molar-refractivity contribution in [2.45, 2.75) is 44.6 Å². The van der Waals surface area contributed by atoms with Crippen LogP contribution in [0.2, 0.25) is 0 Å². The Labute approximate surface area is 126 Å². The second kappa shape index (κ2) is 8.62. The Kier molecular flexibility index (Phi) is 6.47. The van der Waals surface area contributed by atoms with E-state index in [1.165, 1.54) is 19.3 Å². The molecular weight excluding hydrogens is 266 g/mol. The number of aromatic nitrogens is 1. The molecule has 1 heterocycles. The average Bonchev–Trinajstić information content (AvgIpc) is 2.53. The second-order valence-electron chi connectivity index (χ2n) is 5.54. The van der Waals surface area contributed by atoms with Crippen LogP contribution in [0.15, 0.2) is 18.5 Å². The predicted octanol–water partition coefficient (Wildman–Crippen LogP) is 2.59. The van der Waals surface area contributed by atoms with Crippen molar-refractivity contribution in [1.82, 2.24) is 10.3 Å². The van der Waals surface area contributed by atoms with E-state index in [0.29, 0.717) is 11.6 Å². The van der Waals surface area contributed by atoms with E-state index in [0.717, 1.165) is 38.1 Å². The minimum Gasteiger partial charge on any atom is -0.385 e. The van der Waals surface area contributed by atoms with Crippen LogP contribution in [0.3, 0.4) is 0 Å². The lowest BCUT2D eigenvalue weighted by molar-refractivity contribution is 0.0927. The maximum Gasteiger partial charge on any atom is 0.253 e. The minimum absolute atomic E-state index is 0.0186. The number of carbonyl (C=O) groups is 1. The predicted molar refractivity (Wildman–Crippen MR) is 83.6 cm³/mol. The standard InChI is InChI=1S/C16H25N3O2/c1-21-9-5-8-18-15-10-13(11-17-12-15)16(20)19-14-6-3-2-4-7-14/h10-12,14,18H,2-9H2,1H3,(H,19,20). The van der Waals surface area contributed by atoms with Crippen molar-refractivity contribution in [2.24, 2.45) is 0 Å². The van der Waals surface area contributed by atoms with Crippen molar-refractivity contribution in [3.05, 3.63) is 24.0 Å². The van der Waals surface area contributed by atoms with E-state index in [1.807, 2.05) is 6.07 Å². The maximum atomic E-state index is 12.2. The van der Waals surface area contributed by atoms with Crippen molar-refractivity contribution in [2.75, 3.05) is 25.6 Å². The van der Waals surface area contributed by atoms with Crippen LogP contribution in [0.4, 0.5) is 5.69 Å². The first-order chi connectivity index (χ1) is 10.3. The van der Waals surface area contributed by atoms with E-state index < -0.39 is 0 Å². The molecule has 21 heavy (non-hydrogen) atoms. The van der Waals surface area contributed by atoms with Crippen LogP contribution in [0, 0.1) is 0 Å². The summed E-state index contributed by atoms with van der Waals surface area (Å²) in [7, 11) is 1.69. The number of ether oxygens (including phenoxy) is 1. The third kappa shape index (κ3) is 5.34. The van der Waals surface area contributed by atoms with Gasteiger partial charge in [-0.1, -0.05) is 19.3 Å². The number of carbonyl (C=O) groups excluding carboxylic acids is 1. The van der Waals surface area contributed by atoms with Gasteiger partial charge < -0.3 is 15.4 Å². The van der Waals surface area contributed by atoms with Crippen LogP contribution in [0.1, 0.15) is 48.9 Å². The molecule has 1 fully saturated rings. The molecule has 1 aliphatic carbocycles. The molecule has 1 aliphatic rings. The second-order valence-corrected chi connectivity index (χ2v) is 5.54. The van der Waals surface area contributed by atoms with Gasteiger partial charge >= 0.3 is 0 Å². The first kappa shape index (κ1) is 15.8. The normalized spacial score (nSPS) is 15.7. The zero-order chi connectivity index (χ0) is 14.9. The highest BCUT2D eigenvalue weighted by molar-refractivity contribution is 5.94. The number of nitrogens with one attached hydrogen (secondary N) is 2. The van der Waals surface area contributed by atoms with Crippen LogP contribution in [-0.4, -0.2) is 37.2 Å². The number of hydrogen-bond donors (Lipinski definition) is 2.